The van der Waals surface area contributed by atoms with Gasteiger partial charge in [0.1, 0.15) is 5.69 Å². The Morgan fingerprint density at radius 1 is 1.50 bits per heavy atom. The number of benzene rings is 1. The van der Waals surface area contributed by atoms with E-state index < -0.39 is 5.97 Å². The molecule has 0 fully saturated rings. The summed E-state index contributed by atoms with van der Waals surface area (Å²) in [4.78, 5) is 22.0. The van der Waals surface area contributed by atoms with Crippen molar-refractivity contribution < 1.29 is 14.7 Å². The van der Waals surface area contributed by atoms with Crippen molar-refractivity contribution in [3.8, 4) is 0 Å². The standard InChI is InChI=1S/C11H8ClNO3/c1-13-9-3-2-6(12)4-7(9)8(5-14)10(13)11(15)16/h2-5H,1H3,(H,15,16). The average Bonchev–Trinajstić information content (AvgIpc) is 2.50. The van der Waals surface area contributed by atoms with E-state index in [0.29, 0.717) is 22.2 Å². The maximum atomic E-state index is 11.0. The number of aromatic nitrogens is 1. The van der Waals surface area contributed by atoms with Gasteiger partial charge in [-0.3, -0.25) is 4.79 Å². The topological polar surface area (TPSA) is 59.3 Å². The minimum Gasteiger partial charge on any atom is -0.477 e. The van der Waals surface area contributed by atoms with E-state index in [1.807, 2.05) is 0 Å². The van der Waals surface area contributed by atoms with Crippen molar-refractivity contribution in [1.82, 2.24) is 4.57 Å². The third-order valence-corrected chi connectivity index (χ3v) is 2.76. The Balaban J connectivity index is 2.96. The number of aldehydes is 1. The molecule has 0 unspecified atom stereocenters. The Hall–Kier alpha value is -1.81. The van der Waals surface area contributed by atoms with Crippen LogP contribution in [0.1, 0.15) is 20.8 Å². The number of nitrogens with zero attached hydrogens (tertiary/aromatic N) is 1. The molecule has 16 heavy (non-hydrogen) atoms. The van der Waals surface area contributed by atoms with Crippen LogP contribution in [-0.4, -0.2) is 21.9 Å². The van der Waals surface area contributed by atoms with E-state index in [1.54, 1.807) is 25.2 Å². The molecule has 0 saturated carbocycles. The molecule has 0 aliphatic heterocycles. The van der Waals surface area contributed by atoms with Gasteiger partial charge < -0.3 is 9.67 Å². The van der Waals surface area contributed by atoms with Crippen LogP contribution >= 0.6 is 11.6 Å². The van der Waals surface area contributed by atoms with Gasteiger partial charge in [0.15, 0.2) is 6.29 Å². The monoisotopic (exact) mass is 237 g/mol. The molecule has 4 nitrogen and oxygen atoms in total. The number of aryl methyl sites for hydroxylation is 1. The van der Waals surface area contributed by atoms with Gasteiger partial charge in [0, 0.05) is 23.0 Å². The van der Waals surface area contributed by atoms with Gasteiger partial charge in [-0.2, -0.15) is 0 Å². The van der Waals surface area contributed by atoms with Crippen molar-refractivity contribution in [2.75, 3.05) is 0 Å². The third kappa shape index (κ3) is 1.39. The molecule has 2 rings (SSSR count). The summed E-state index contributed by atoms with van der Waals surface area (Å²) in [7, 11) is 1.60. The van der Waals surface area contributed by atoms with Gasteiger partial charge in [-0.15, -0.1) is 0 Å². The molecule has 1 aromatic carbocycles. The van der Waals surface area contributed by atoms with Crippen molar-refractivity contribution in [2.24, 2.45) is 7.05 Å². The first-order chi connectivity index (χ1) is 7.56. The van der Waals surface area contributed by atoms with Gasteiger partial charge in [0.25, 0.3) is 0 Å². The molecule has 5 heteroatoms. The van der Waals surface area contributed by atoms with Crippen LogP contribution in [-0.2, 0) is 7.05 Å². The molecule has 0 aliphatic rings. The molecule has 0 atom stereocenters. The number of carboxylic acids is 1. The number of aromatic carboxylic acids is 1. The lowest BCUT2D eigenvalue weighted by Gasteiger charge is -1.98. The zero-order valence-corrected chi connectivity index (χ0v) is 9.15. The van der Waals surface area contributed by atoms with E-state index in [2.05, 4.69) is 0 Å². The highest BCUT2D eigenvalue weighted by molar-refractivity contribution is 6.31. The summed E-state index contributed by atoms with van der Waals surface area (Å²) in [5.74, 6) is -1.13. The van der Waals surface area contributed by atoms with Gasteiger partial charge in [0.2, 0.25) is 0 Å². The minimum atomic E-state index is -1.13. The zero-order chi connectivity index (χ0) is 11.9. The second-order valence-electron chi connectivity index (χ2n) is 3.41. The molecular weight excluding hydrogens is 230 g/mol. The zero-order valence-electron chi connectivity index (χ0n) is 8.40. The molecule has 1 heterocycles. The van der Waals surface area contributed by atoms with Crippen LogP contribution in [0.25, 0.3) is 10.9 Å². The highest BCUT2D eigenvalue weighted by atomic mass is 35.5. The number of halogens is 1. The van der Waals surface area contributed by atoms with E-state index in [0.717, 1.165) is 0 Å². The molecular formula is C11H8ClNO3. The normalized spacial score (nSPS) is 10.6. The maximum absolute atomic E-state index is 11.0. The predicted molar refractivity (Wildman–Crippen MR) is 60.3 cm³/mol. The summed E-state index contributed by atoms with van der Waals surface area (Å²) in [5.41, 5.74) is 0.809. The molecule has 0 radical (unpaired) electrons. The molecule has 82 valence electrons. The lowest BCUT2D eigenvalue weighted by Crippen LogP contribution is -2.06. The first kappa shape index (κ1) is 10.7. The summed E-state index contributed by atoms with van der Waals surface area (Å²) in [6, 6.07) is 4.94. The molecule has 1 aromatic heterocycles. The first-order valence-electron chi connectivity index (χ1n) is 4.52. The Bertz CT molecular complexity index is 601. The molecule has 0 amide bonds. The van der Waals surface area contributed by atoms with Gasteiger partial charge >= 0.3 is 5.97 Å². The largest absolute Gasteiger partial charge is 0.477 e. The SMILES string of the molecule is Cn1c(C(=O)O)c(C=O)c2cc(Cl)ccc21. The Kier molecular flexibility index (Phi) is 2.44. The molecule has 2 aromatic rings. The summed E-state index contributed by atoms with van der Waals surface area (Å²) < 4.78 is 1.47. The van der Waals surface area contributed by atoms with E-state index in [9.17, 15) is 9.59 Å². The van der Waals surface area contributed by atoms with Crippen molar-refractivity contribution in [3.63, 3.8) is 0 Å². The van der Waals surface area contributed by atoms with Crippen LogP contribution in [0.2, 0.25) is 5.02 Å². The summed E-state index contributed by atoms with van der Waals surface area (Å²) in [5, 5.41) is 10.1. The number of rotatable bonds is 2. The number of carbonyl (C=O) groups excluding carboxylic acids is 1. The first-order valence-corrected chi connectivity index (χ1v) is 4.90. The number of fused-ring (bicyclic) bond motifs is 1. The molecule has 0 spiro atoms. The Morgan fingerprint density at radius 3 is 2.75 bits per heavy atom. The molecule has 0 bridgehead atoms. The second kappa shape index (κ2) is 3.64. The molecule has 0 aliphatic carbocycles. The quantitative estimate of drug-likeness (QED) is 0.816. The Labute approximate surface area is 96.0 Å². The van der Waals surface area contributed by atoms with Crippen molar-refractivity contribution in [2.45, 2.75) is 0 Å². The number of hydrogen-bond donors (Lipinski definition) is 1. The number of carbonyl (C=O) groups is 2. The highest BCUT2D eigenvalue weighted by Gasteiger charge is 2.19. The number of hydrogen-bond acceptors (Lipinski definition) is 2. The summed E-state index contributed by atoms with van der Waals surface area (Å²) >= 11 is 5.82. The predicted octanol–water partition coefficient (Wildman–Crippen LogP) is 2.34. The fourth-order valence-corrected chi connectivity index (χ4v) is 2.00. The average molecular weight is 238 g/mol. The highest BCUT2D eigenvalue weighted by Crippen LogP contribution is 2.26. The van der Waals surface area contributed by atoms with Gasteiger partial charge in [-0.25, -0.2) is 4.79 Å². The fourth-order valence-electron chi connectivity index (χ4n) is 1.82. The van der Waals surface area contributed by atoms with E-state index in [-0.39, 0.29) is 11.3 Å². The van der Waals surface area contributed by atoms with Crippen molar-refractivity contribution >= 4 is 34.8 Å². The van der Waals surface area contributed by atoms with Gasteiger partial charge in [0.05, 0.1) is 5.56 Å². The van der Waals surface area contributed by atoms with E-state index in [4.69, 9.17) is 16.7 Å². The number of carboxylic acid groups (broad SMARTS) is 1. The molecule has 1 N–H and O–H groups in total. The second-order valence-corrected chi connectivity index (χ2v) is 3.84. The minimum absolute atomic E-state index is 0.0210. The molecule has 0 saturated heterocycles. The van der Waals surface area contributed by atoms with Gasteiger partial charge in [-0.1, -0.05) is 11.6 Å². The Morgan fingerprint density at radius 2 is 2.19 bits per heavy atom. The van der Waals surface area contributed by atoms with Crippen LogP contribution in [0.4, 0.5) is 0 Å². The third-order valence-electron chi connectivity index (χ3n) is 2.52. The van der Waals surface area contributed by atoms with Crippen LogP contribution in [0.5, 0.6) is 0 Å². The van der Waals surface area contributed by atoms with E-state index in [1.165, 1.54) is 4.57 Å². The van der Waals surface area contributed by atoms with Crippen LogP contribution in [0, 0.1) is 0 Å². The van der Waals surface area contributed by atoms with Crippen molar-refractivity contribution in [3.05, 3.63) is 34.5 Å². The van der Waals surface area contributed by atoms with Crippen LogP contribution < -0.4 is 0 Å². The smallest absolute Gasteiger partial charge is 0.353 e. The van der Waals surface area contributed by atoms with Gasteiger partial charge in [-0.05, 0) is 18.2 Å². The summed E-state index contributed by atoms with van der Waals surface area (Å²) in [6.45, 7) is 0. The van der Waals surface area contributed by atoms with E-state index >= 15 is 0 Å². The lowest BCUT2D eigenvalue weighted by atomic mass is 10.1. The maximum Gasteiger partial charge on any atom is 0.353 e. The summed E-state index contributed by atoms with van der Waals surface area (Å²) in [6.07, 6.45) is 0.544. The van der Waals surface area contributed by atoms with Crippen LogP contribution in [0.3, 0.4) is 0 Å². The van der Waals surface area contributed by atoms with Crippen LogP contribution in [0.15, 0.2) is 18.2 Å². The van der Waals surface area contributed by atoms with Crippen molar-refractivity contribution in [1.29, 1.82) is 0 Å². The fraction of sp³-hybridized carbons (Fsp3) is 0.0909. The lowest BCUT2D eigenvalue weighted by molar-refractivity contribution is 0.0684.